The second-order valence-electron chi connectivity index (χ2n) is 8.66. The van der Waals surface area contributed by atoms with Crippen LogP contribution in [0.25, 0.3) is 0 Å². The van der Waals surface area contributed by atoms with Gasteiger partial charge in [0.15, 0.2) is 30.1 Å². The fraction of sp³-hybridized carbons (Fsp3) is 0.280. The molecule has 1 fully saturated rings. The first-order valence-electron chi connectivity index (χ1n) is 11.7. The van der Waals surface area contributed by atoms with E-state index in [1.807, 2.05) is 0 Å². The Balaban J connectivity index is 1.76. The predicted molar refractivity (Wildman–Crippen MR) is 140 cm³/mol. The van der Waals surface area contributed by atoms with Crippen LogP contribution in [0.4, 0.5) is 17.3 Å². The lowest BCUT2D eigenvalue weighted by molar-refractivity contribution is -0.202. The number of nitrogens with zero attached hydrogens (tertiary/aromatic N) is 2. The molecule has 0 unspecified atom stereocenters. The molecule has 2 heterocycles. The molecule has 1 aliphatic rings. The topological polar surface area (TPSA) is 195 Å². The molecule has 3 aromatic rings. The largest absolute Gasteiger partial charge is 0.452 e. The third-order valence-corrected chi connectivity index (χ3v) is 6.33. The number of anilines is 3. The van der Waals surface area contributed by atoms with Crippen molar-refractivity contribution in [2.24, 2.45) is 0 Å². The molecule has 0 bridgehead atoms. The van der Waals surface area contributed by atoms with Gasteiger partial charge in [0.1, 0.15) is 18.1 Å². The fourth-order valence-electron chi connectivity index (χ4n) is 3.92. The molecule has 2 aromatic carbocycles. The Kier molecular flexibility index (Phi) is 8.28. The Morgan fingerprint density at radius 2 is 1.41 bits per heavy atom. The van der Waals surface area contributed by atoms with E-state index in [4.69, 9.17) is 29.9 Å². The van der Waals surface area contributed by atoms with E-state index < -0.39 is 52.7 Å². The molecule has 1 aliphatic heterocycles. The van der Waals surface area contributed by atoms with Gasteiger partial charge in [-0.15, -0.1) is 0 Å². The molecule has 0 spiro atoms. The van der Waals surface area contributed by atoms with Crippen LogP contribution in [0.2, 0.25) is 0 Å². The van der Waals surface area contributed by atoms with Crippen molar-refractivity contribution in [2.75, 3.05) is 23.0 Å². The molecular formula is C25H27N5O8S. The number of nitrogens with one attached hydrogen (secondary N) is 1. The van der Waals surface area contributed by atoms with E-state index in [2.05, 4.69) is 15.3 Å². The van der Waals surface area contributed by atoms with E-state index >= 15 is 0 Å². The highest BCUT2D eigenvalue weighted by molar-refractivity contribution is 7.86. The van der Waals surface area contributed by atoms with Crippen LogP contribution in [0.15, 0.2) is 67.0 Å². The Hall–Kier alpha value is -4.27. The van der Waals surface area contributed by atoms with Crippen LogP contribution >= 0.6 is 0 Å². The van der Waals surface area contributed by atoms with Crippen molar-refractivity contribution in [2.45, 2.75) is 37.6 Å². The van der Waals surface area contributed by atoms with E-state index in [1.54, 1.807) is 36.4 Å². The van der Waals surface area contributed by atoms with Crippen molar-refractivity contribution in [1.29, 1.82) is 0 Å². The van der Waals surface area contributed by atoms with Crippen molar-refractivity contribution >= 4 is 39.4 Å². The number of benzene rings is 2. The molecule has 0 saturated carbocycles. The first-order chi connectivity index (χ1) is 18.5. The van der Waals surface area contributed by atoms with Gasteiger partial charge in [0.05, 0.1) is 23.5 Å². The normalized spacial score (nSPS) is 23.0. The van der Waals surface area contributed by atoms with Gasteiger partial charge in [0, 0.05) is 0 Å². The second-order valence-corrected chi connectivity index (χ2v) is 10.3. The fourth-order valence-corrected chi connectivity index (χ4v) is 4.59. The lowest BCUT2D eigenvalue weighted by Gasteiger charge is -2.44. The van der Waals surface area contributed by atoms with E-state index in [9.17, 15) is 18.0 Å². The van der Waals surface area contributed by atoms with E-state index in [-0.39, 0.29) is 28.5 Å². The summed E-state index contributed by atoms with van der Waals surface area (Å²) in [6.07, 6.45) is -4.50. The zero-order valence-corrected chi connectivity index (χ0v) is 21.8. The van der Waals surface area contributed by atoms with Crippen molar-refractivity contribution in [3.63, 3.8) is 0 Å². The summed E-state index contributed by atoms with van der Waals surface area (Å²) in [7, 11) is -4.07. The van der Waals surface area contributed by atoms with Crippen molar-refractivity contribution in [3.05, 3.63) is 78.1 Å². The third kappa shape index (κ3) is 6.79. The second kappa shape index (κ2) is 11.6. The maximum atomic E-state index is 13.1. The van der Waals surface area contributed by atoms with Gasteiger partial charge in [-0.05, 0) is 31.2 Å². The van der Waals surface area contributed by atoms with E-state index in [1.165, 1.54) is 31.2 Å². The molecule has 0 amide bonds. The van der Waals surface area contributed by atoms with E-state index in [0.717, 1.165) is 12.6 Å². The number of carbonyl (C=O) groups excluding carboxylic acids is 2. The minimum atomic E-state index is -4.07. The molecule has 39 heavy (non-hydrogen) atoms. The molecule has 5 N–H and O–H groups in total. The molecule has 206 valence electrons. The first-order valence-corrected chi connectivity index (χ1v) is 13.5. The van der Waals surface area contributed by atoms with Crippen LogP contribution in [-0.4, -0.2) is 67.2 Å². The molecule has 1 aromatic heterocycles. The summed E-state index contributed by atoms with van der Waals surface area (Å²) in [5.74, 6) is -1.56. The number of carbonyl (C=O) groups is 2. The number of nitrogens with two attached hydrogens (primary N) is 2. The molecule has 1 saturated heterocycles. The highest BCUT2D eigenvalue weighted by atomic mass is 32.2. The van der Waals surface area contributed by atoms with Gasteiger partial charge in [-0.25, -0.2) is 19.6 Å². The van der Waals surface area contributed by atoms with Crippen LogP contribution in [0.5, 0.6) is 0 Å². The zero-order chi connectivity index (χ0) is 28.2. The van der Waals surface area contributed by atoms with Crippen molar-refractivity contribution < 1.29 is 36.4 Å². The summed E-state index contributed by atoms with van der Waals surface area (Å²) in [5.41, 5.74) is 12.2. The molecular weight excluding hydrogens is 530 g/mol. The zero-order valence-electron chi connectivity index (χ0n) is 21.0. The highest BCUT2D eigenvalue weighted by Crippen LogP contribution is 2.32. The quantitative estimate of drug-likeness (QED) is 0.267. The van der Waals surface area contributed by atoms with Crippen LogP contribution in [0.1, 0.15) is 27.6 Å². The predicted octanol–water partition coefficient (Wildman–Crippen LogP) is 1.59. The van der Waals surface area contributed by atoms with Gasteiger partial charge in [0.25, 0.3) is 10.1 Å². The van der Waals surface area contributed by atoms with Crippen LogP contribution in [0, 0.1) is 0 Å². The Bertz CT molecular complexity index is 1420. The Morgan fingerprint density at radius 1 is 0.872 bits per heavy atom. The number of rotatable bonds is 8. The lowest BCUT2D eigenvalue weighted by Crippen LogP contribution is -2.62. The van der Waals surface area contributed by atoms with E-state index in [0.29, 0.717) is 0 Å². The molecule has 14 heteroatoms. The van der Waals surface area contributed by atoms with Crippen LogP contribution < -0.4 is 16.8 Å². The smallest absolute Gasteiger partial charge is 0.338 e. The molecule has 4 rings (SSSR count). The number of esters is 2. The van der Waals surface area contributed by atoms with Gasteiger partial charge in [-0.3, -0.25) is 4.18 Å². The van der Waals surface area contributed by atoms with Crippen LogP contribution in [0.3, 0.4) is 0 Å². The molecule has 0 radical (unpaired) electrons. The highest BCUT2D eigenvalue weighted by Gasteiger charge is 2.51. The van der Waals surface area contributed by atoms with Gasteiger partial charge in [-0.1, -0.05) is 36.4 Å². The third-order valence-electron chi connectivity index (χ3n) is 5.75. The summed E-state index contributed by atoms with van der Waals surface area (Å²) in [6, 6.07) is 16.1. The summed E-state index contributed by atoms with van der Waals surface area (Å²) in [6.45, 7) is 1.51. The monoisotopic (exact) mass is 557 g/mol. The maximum absolute atomic E-state index is 13.1. The van der Waals surface area contributed by atoms with Gasteiger partial charge >= 0.3 is 11.9 Å². The SMILES string of the molecule is C[C@@H]1O[C@H](Nc2ncnc(N)c2N)[C@@H](OC(=O)c2ccccc2)[C@H](OC(=O)c2ccccc2)[C@@H]1OS(C)(=O)=O. The summed E-state index contributed by atoms with van der Waals surface area (Å²) < 4.78 is 47.1. The lowest BCUT2D eigenvalue weighted by atomic mass is 9.98. The van der Waals surface area contributed by atoms with Crippen molar-refractivity contribution in [1.82, 2.24) is 9.97 Å². The van der Waals surface area contributed by atoms with Gasteiger partial charge < -0.3 is 31.0 Å². The number of ether oxygens (including phenoxy) is 3. The summed E-state index contributed by atoms with van der Waals surface area (Å²) in [5, 5.41) is 2.90. The van der Waals surface area contributed by atoms with Crippen LogP contribution in [-0.2, 0) is 28.5 Å². The summed E-state index contributed by atoms with van der Waals surface area (Å²) >= 11 is 0. The minimum absolute atomic E-state index is 0.00534. The number of aromatic nitrogens is 2. The standard InChI is InChI=1S/C25H27N5O8S/c1-14-18(38-39(2,33)34)19(36-24(31)15-9-5-3-6-10-15)20(37-25(32)16-11-7-4-8-12-16)23(35-14)30-22-17(26)21(27)28-13-29-22/h3-14,18-20,23H,26H2,1-2H3,(H3,27,28,29,30)/t14-,18+,19+,20-,23-/m0/s1. The maximum Gasteiger partial charge on any atom is 0.338 e. The minimum Gasteiger partial charge on any atom is -0.452 e. The Morgan fingerprint density at radius 3 is 1.95 bits per heavy atom. The first kappa shape index (κ1) is 27.8. The Labute approximate surface area is 224 Å². The number of nitrogen functional groups attached to an aromatic ring is 2. The number of hydrogen-bond donors (Lipinski definition) is 3. The van der Waals surface area contributed by atoms with Gasteiger partial charge in [0.2, 0.25) is 0 Å². The van der Waals surface area contributed by atoms with Gasteiger partial charge in [-0.2, -0.15) is 8.42 Å². The van der Waals surface area contributed by atoms with Crippen molar-refractivity contribution in [3.8, 4) is 0 Å². The average molecular weight is 558 g/mol. The average Bonchev–Trinajstić information content (AvgIpc) is 2.91. The molecule has 13 nitrogen and oxygen atoms in total. The molecule has 5 atom stereocenters. The molecule has 0 aliphatic carbocycles. The number of hydrogen-bond acceptors (Lipinski definition) is 13. The summed E-state index contributed by atoms with van der Waals surface area (Å²) in [4.78, 5) is 34.1.